The second-order valence-electron chi connectivity index (χ2n) is 4.51. The van der Waals surface area contributed by atoms with E-state index in [0.717, 1.165) is 30.5 Å². The predicted molar refractivity (Wildman–Crippen MR) is 71.5 cm³/mol. The molecule has 5 nitrogen and oxygen atoms in total. The normalized spacial score (nSPS) is 13.1. The lowest BCUT2D eigenvalue weighted by Crippen LogP contribution is -2.14. The Morgan fingerprint density at radius 3 is 3.00 bits per heavy atom. The van der Waals surface area contributed by atoms with Gasteiger partial charge in [-0.1, -0.05) is 6.07 Å². The number of aromatic nitrogens is 1. The minimum absolute atomic E-state index is 0.0201. The van der Waals surface area contributed by atoms with Gasteiger partial charge < -0.3 is 15.5 Å². The van der Waals surface area contributed by atoms with Gasteiger partial charge in [0.2, 0.25) is 0 Å². The quantitative estimate of drug-likeness (QED) is 0.779. The van der Waals surface area contributed by atoms with E-state index in [2.05, 4.69) is 5.32 Å². The number of oxazole rings is 1. The Kier molecular flexibility index (Phi) is 3.84. The lowest BCUT2D eigenvalue weighted by atomic mass is 10.0. The van der Waals surface area contributed by atoms with Crippen LogP contribution in [0.3, 0.4) is 0 Å². The second-order valence-corrected chi connectivity index (χ2v) is 4.51. The van der Waals surface area contributed by atoms with Crippen LogP contribution in [0.25, 0.3) is 11.1 Å². The third kappa shape index (κ3) is 2.47. The summed E-state index contributed by atoms with van der Waals surface area (Å²) in [6.45, 7) is 0.955. The van der Waals surface area contributed by atoms with Crippen LogP contribution >= 0.6 is 0 Å². The summed E-state index contributed by atoms with van der Waals surface area (Å²) in [6.07, 6.45) is 1.93. The van der Waals surface area contributed by atoms with Crippen LogP contribution in [0.4, 0.5) is 0 Å². The number of benzene rings is 1. The third-order valence-corrected chi connectivity index (χ3v) is 3.19. The first-order valence-corrected chi connectivity index (χ1v) is 6.13. The molecule has 0 aliphatic rings. The molecule has 18 heavy (non-hydrogen) atoms. The summed E-state index contributed by atoms with van der Waals surface area (Å²) in [7, 11) is 3.62. The zero-order chi connectivity index (χ0) is 13.1. The van der Waals surface area contributed by atoms with Gasteiger partial charge in [0.05, 0.1) is 5.52 Å². The van der Waals surface area contributed by atoms with Gasteiger partial charge in [-0.15, -0.1) is 0 Å². The lowest BCUT2D eigenvalue weighted by Gasteiger charge is -2.11. The number of hydrogen-bond donors (Lipinski definition) is 2. The fraction of sp³-hybridized carbons (Fsp3) is 0.462. The van der Waals surface area contributed by atoms with Crippen molar-refractivity contribution in [2.24, 2.45) is 12.8 Å². The molecule has 0 spiro atoms. The Hall–Kier alpha value is -1.59. The van der Waals surface area contributed by atoms with Crippen molar-refractivity contribution in [1.82, 2.24) is 9.88 Å². The van der Waals surface area contributed by atoms with Crippen LogP contribution in [0.15, 0.2) is 27.4 Å². The number of fused-ring (bicyclic) bond motifs is 1. The Bertz CT molecular complexity index is 585. The standard InChI is InChI=1S/C13H19N3O2/c1-15-7-3-4-10(14)9-5-6-11-12(8-9)18-13(17)16(11)2/h5-6,8,10,15H,3-4,7,14H2,1-2H3. The Labute approximate surface area is 106 Å². The van der Waals surface area contributed by atoms with Crippen molar-refractivity contribution < 1.29 is 4.42 Å². The lowest BCUT2D eigenvalue weighted by molar-refractivity contribution is 0.527. The van der Waals surface area contributed by atoms with Crippen LogP contribution in [0, 0.1) is 0 Å². The van der Waals surface area contributed by atoms with E-state index in [0.29, 0.717) is 5.58 Å². The molecule has 1 unspecified atom stereocenters. The summed E-state index contributed by atoms with van der Waals surface area (Å²) in [4.78, 5) is 11.4. The van der Waals surface area contributed by atoms with Crippen LogP contribution in [0.5, 0.6) is 0 Å². The van der Waals surface area contributed by atoms with E-state index < -0.39 is 0 Å². The van der Waals surface area contributed by atoms with Crippen LogP contribution < -0.4 is 16.8 Å². The van der Waals surface area contributed by atoms with Crippen molar-refractivity contribution in [2.75, 3.05) is 13.6 Å². The molecular formula is C13H19N3O2. The summed E-state index contributed by atoms with van der Waals surface area (Å²) >= 11 is 0. The Morgan fingerprint density at radius 1 is 1.50 bits per heavy atom. The second kappa shape index (κ2) is 5.37. The van der Waals surface area contributed by atoms with Crippen LogP contribution in [0.2, 0.25) is 0 Å². The van der Waals surface area contributed by atoms with Gasteiger partial charge in [0.15, 0.2) is 5.58 Å². The Morgan fingerprint density at radius 2 is 2.28 bits per heavy atom. The van der Waals surface area contributed by atoms with Crippen molar-refractivity contribution in [2.45, 2.75) is 18.9 Å². The number of nitrogens with one attached hydrogen (secondary N) is 1. The zero-order valence-electron chi connectivity index (χ0n) is 10.8. The van der Waals surface area contributed by atoms with Crippen molar-refractivity contribution in [3.8, 4) is 0 Å². The highest BCUT2D eigenvalue weighted by molar-refractivity contribution is 5.73. The largest absolute Gasteiger partial charge is 0.419 e. The van der Waals surface area contributed by atoms with Gasteiger partial charge in [0.25, 0.3) is 0 Å². The summed E-state index contributed by atoms with van der Waals surface area (Å²) in [5.41, 5.74) is 8.52. The molecule has 0 saturated heterocycles. The van der Waals surface area contributed by atoms with E-state index >= 15 is 0 Å². The molecule has 0 amide bonds. The first-order chi connectivity index (χ1) is 8.63. The van der Waals surface area contributed by atoms with Gasteiger partial charge in [-0.2, -0.15) is 0 Å². The third-order valence-electron chi connectivity index (χ3n) is 3.19. The van der Waals surface area contributed by atoms with Crippen LogP contribution in [0.1, 0.15) is 24.4 Å². The SMILES string of the molecule is CNCCCC(N)c1ccc2c(c1)oc(=O)n2C. The Balaban J connectivity index is 2.21. The number of nitrogens with zero attached hydrogens (tertiary/aromatic N) is 1. The molecule has 2 aromatic rings. The number of aryl methyl sites for hydroxylation is 1. The van der Waals surface area contributed by atoms with Crippen molar-refractivity contribution in [1.29, 1.82) is 0 Å². The molecule has 0 fully saturated rings. The molecule has 2 rings (SSSR count). The fourth-order valence-electron chi connectivity index (χ4n) is 2.05. The van der Waals surface area contributed by atoms with Crippen molar-refractivity contribution in [3.63, 3.8) is 0 Å². The van der Waals surface area contributed by atoms with E-state index in [1.54, 1.807) is 7.05 Å². The van der Waals surface area contributed by atoms with Gasteiger partial charge >= 0.3 is 5.76 Å². The highest BCUT2D eigenvalue weighted by Crippen LogP contribution is 2.20. The monoisotopic (exact) mass is 249 g/mol. The van der Waals surface area contributed by atoms with Gasteiger partial charge in [-0.3, -0.25) is 4.57 Å². The summed E-state index contributed by atoms with van der Waals surface area (Å²) in [5, 5.41) is 3.10. The van der Waals surface area contributed by atoms with Crippen molar-refractivity contribution >= 4 is 11.1 Å². The maximum atomic E-state index is 11.4. The van der Waals surface area contributed by atoms with Crippen LogP contribution in [-0.2, 0) is 7.05 Å². The van der Waals surface area contributed by atoms with Gasteiger partial charge in [0, 0.05) is 13.1 Å². The molecule has 0 radical (unpaired) electrons. The summed E-state index contributed by atoms with van der Waals surface area (Å²) in [6, 6.07) is 5.68. The molecular weight excluding hydrogens is 230 g/mol. The zero-order valence-corrected chi connectivity index (χ0v) is 10.8. The molecule has 5 heteroatoms. The molecule has 1 heterocycles. The average Bonchev–Trinajstić information content (AvgIpc) is 2.65. The van der Waals surface area contributed by atoms with E-state index in [4.69, 9.17) is 10.2 Å². The minimum atomic E-state index is -0.342. The molecule has 1 aromatic heterocycles. The molecule has 1 atom stereocenters. The van der Waals surface area contributed by atoms with E-state index in [-0.39, 0.29) is 11.8 Å². The molecule has 0 aliphatic carbocycles. The molecule has 3 N–H and O–H groups in total. The average molecular weight is 249 g/mol. The van der Waals surface area contributed by atoms with Gasteiger partial charge in [0.1, 0.15) is 0 Å². The smallest absolute Gasteiger partial charge is 0.408 e. The summed E-state index contributed by atoms with van der Waals surface area (Å²) < 4.78 is 6.65. The highest BCUT2D eigenvalue weighted by atomic mass is 16.4. The predicted octanol–water partition coefficient (Wildman–Crippen LogP) is 1.13. The maximum absolute atomic E-state index is 11.4. The van der Waals surface area contributed by atoms with E-state index in [1.165, 1.54) is 4.57 Å². The molecule has 1 aromatic carbocycles. The number of hydrogen-bond acceptors (Lipinski definition) is 4. The number of rotatable bonds is 5. The van der Waals surface area contributed by atoms with Gasteiger partial charge in [-0.25, -0.2) is 4.79 Å². The molecule has 0 saturated carbocycles. The summed E-state index contributed by atoms with van der Waals surface area (Å²) in [5.74, 6) is -0.342. The van der Waals surface area contributed by atoms with Crippen molar-refractivity contribution in [3.05, 3.63) is 34.3 Å². The highest BCUT2D eigenvalue weighted by Gasteiger charge is 2.10. The van der Waals surface area contributed by atoms with E-state index in [9.17, 15) is 4.79 Å². The first-order valence-electron chi connectivity index (χ1n) is 6.13. The van der Waals surface area contributed by atoms with Gasteiger partial charge in [-0.05, 0) is 44.1 Å². The fourth-order valence-corrected chi connectivity index (χ4v) is 2.05. The van der Waals surface area contributed by atoms with Crippen LogP contribution in [-0.4, -0.2) is 18.2 Å². The minimum Gasteiger partial charge on any atom is -0.408 e. The van der Waals surface area contributed by atoms with E-state index in [1.807, 2.05) is 25.2 Å². The number of nitrogens with two attached hydrogens (primary N) is 1. The molecule has 0 bridgehead atoms. The maximum Gasteiger partial charge on any atom is 0.419 e. The topological polar surface area (TPSA) is 73.2 Å². The molecule has 0 aliphatic heterocycles. The first kappa shape index (κ1) is 12.9. The molecule has 98 valence electrons.